The minimum absolute atomic E-state index is 0.227. The van der Waals surface area contributed by atoms with Crippen LogP contribution in [-0.4, -0.2) is 12.6 Å². The van der Waals surface area contributed by atoms with Crippen molar-refractivity contribution in [1.29, 1.82) is 0 Å². The molecule has 0 amide bonds. The lowest BCUT2D eigenvalue weighted by Gasteiger charge is -2.00. The SMILES string of the molecule is CCCCC=C(N)C(=O)OCC. The second-order valence-electron chi connectivity index (χ2n) is 2.52. The Morgan fingerprint density at radius 2 is 2.17 bits per heavy atom. The van der Waals surface area contributed by atoms with E-state index in [1.807, 2.05) is 0 Å². The Labute approximate surface area is 73.6 Å². The van der Waals surface area contributed by atoms with Crippen molar-refractivity contribution in [2.75, 3.05) is 6.61 Å². The molecule has 0 spiro atoms. The summed E-state index contributed by atoms with van der Waals surface area (Å²) in [4.78, 5) is 10.9. The van der Waals surface area contributed by atoms with Gasteiger partial charge in [0.25, 0.3) is 0 Å². The second-order valence-corrected chi connectivity index (χ2v) is 2.52. The molecule has 12 heavy (non-hydrogen) atoms. The topological polar surface area (TPSA) is 52.3 Å². The van der Waals surface area contributed by atoms with E-state index in [9.17, 15) is 4.79 Å². The molecule has 0 aromatic carbocycles. The largest absolute Gasteiger partial charge is 0.461 e. The molecule has 0 unspecified atom stereocenters. The normalized spacial score (nSPS) is 11.3. The van der Waals surface area contributed by atoms with Gasteiger partial charge in [0.15, 0.2) is 0 Å². The second kappa shape index (κ2) is 6.70. The molecule has 0 aromatic heterocycles. The molecule has 0 heterocycles. The van der Waals surface area contributed by atoms with E-state index in [2.05, 4.69) is 6.92 Å². The summed E-state index contributed by atoms with van der Waals surface area (Å²) in [6, 6.07) is 0. The maximum atomic E-state index is 10.9. The highest BCUT2D eigenvalue weighted by Crippen LogP contribution is 1.98. The molecular weight excluding hydrogens is 154 g/mol. The fraction of sp³-hybridized carbons (Fsp3) is 0.667. The smallest absolute Gasteiger partial charge is 0.353 e. The van der Waals surface area contributed by atoms with Crippen LogP contribution >= 0.6 is 0 Å². The Morgan fingerprint density at radius 3 is 2.67 bits per heavy atom. The number of ether oxygens (including phenoxy) is 1. The van der Waals surface area contributed by atoms with Crippen LogP contribution in [0.2, 0.25) is 0 Å². The third kappa shape index (κ3) is 4.77. The standard InChI is InChI=1S/C9H17NO2/c1-3-5-6-7-8(10)9(11)12-4-2/h7H,3-6,10H2,1-2H3. The van der Waals surface area contributed by atoms with Crippen LogP contribution in [0.4, 0.5) is 0 Å². The number of unbranched alkanes of at least 4 members (excludes halogenated alkanes) is 2. The zero-order valence-electron chi connectivity index (χ0n) is 7.80. The van der Waals surface area contributed by atoms with Crippen molar-refractivity contribution >= 4 is 5.97 Å². The Balaban J connectivity index is 3.74. The highest BCUT2D eigenvalue weighted by atomic mass is 16.5. The van der Waals surface area contributed by atoms with E-state index in [1.54, 1.807) is 13.0 Å². The van der Waals surface area contributed by atoms with Crippen LogP contribution < -0.4 is 5.73 Å². The van der Waals surface area contributed by atoms with Crippen molar-refractivity contribution < 1.29 is 9.53 Å². The first kappa shape index (κ1) is 11.0. The van der Waals surface area contributed by atoms with E-state index < -0.39 is 5.97 Å². The molecule has 0 aliphatic carbocycles. The van der Waals surface area contributed by atoms with Gasteiger partial charge in [-0.25, -0.2) is 4.79 Å². The lowest BCUT2D eigenvalue weighted by molar-refractivity contribution is -0.138. The zero-order valence-corrected chi connectivity index (χ0v) is 7.80. The third-order valence-corrected chi connectivity index (χ3v) is 1.43. The van der Waals surface area contributed by atoms with Crippen LogP contribution in [0, 0.1) is 0 Å². The van der Waals surface area contributed by atoms with Crippen molar-refractivity contribution in [3.05, 3.63) is 11.8 Å². The average Bonchev–Trinajstić information content (AvgIpc) is 2.05. The molecule has 3 heteroatoms. The molecule has 0 radical (unpaired) electrons. The molecule has 0 rings (SSSR count). The van der Waals surface area contributed by atoms with Gasteiger partial charge < -0.3 is 10.5 Å². The maximum Gasteiger partial charge on any atom is 0.353 e. The van der Waals surface area contributed by atoms with Gasteiger partial charge in [-0.05, 0) is 19.8 Å². The summed E-state index contributed by atoms with van der Waals surface area (Å²) < 4.78 is 4.70. The highest BCUT2D eigenvalue weighted by molar-refractivity contribution is 5.87. The molecular formula is C9H17NO2. The summed E-state index contributed by atoms with van der Waals surface area (Å²) in [5, 5.41) is 0. The Kier molecular flexibility index (Phi) is 6.15. The number of rotatable bonds is 5. The van der Waals surface area contributed by atoms with Gasteiger partial charge >= 0.3 is 5.97 Å². The minimum atomic E-state index is -0.409. The molecule has 0 saturated heterocycles. The van der Waals surface area contributed by atoms with Gasteiger partial charge in [0.1, 0.15) is 5.70 Å². The van der Waals surface area contributed by atoms with Crippen LogP contribution in [0.3, 0.4) is 0 Å². The fourth-order valence-electron chi connectivity index (χ4n) is 0.759. The maximum absolute atomic E-state index is 10.9. The van der Waals surface area contributed by atoms with Crippen LogP contribution in [0.15, 0.2) is 11.8 Å². The molecule has 3 nitrogen and oxygen atoms in total. The minimum Gasteiger partial charge on any atom is -0.461 e. The number of allylic oxidation sites excluding steroid dienone is 1. The van der Waals surface area contributed by atoms with E-state index in [0.29, 0.717) is 6.61 Å². The number of carbonyl (C=O) groups excluding carboxylic acids is 1. The van der Waals surface area contributed by atoms with Gasteiger partial charge in [-0.15, -0.1) is 0 Å². The van der Waals surface area contributed by atoms with E-state index in [4.69, 9.17) is 10.5 Å². The van der Waals surface area contributed by atoms with E-state index >= 15 is 0 Å². The first-order chi connectivity index (χ1) is 5.72. The quantitative estimate of drug-likeness (QED) is 0.388. The van der Waals surface area contributed by atoms with Crippen molar-refractivity contribution in [2.45, 2.75) is 33.1 Å². The molecule has 0 fully saturated rings. The van der Waals surface area contributed by atoms with Gasteiger partial charge in [-0.3, -0.25) is 0 Å². The summed E-state index contributed by atoms with van der Waals surface area (Å²) in [6.07, 6.45) is 4.73. The predicted molar refractivity (Wildman–Crippen MR) is 48.4 cm³/mol. The number of esters is 1. The van der Waals surface area contributed by atoms with Crippen LogP contribution in [-0.2, 0) is 9.53 Å². The molecule has 2 N–H and O–H groups in total. The molecule has 70 valence electrons. The van der Waals surface area contributed by atoms with E-state index in [0.717, 1.165) is 19.3 Å². The van der Waals surface area contributed by atoms with Crippen LogP contribution in [0.5, 0.6) is 0 Å². The lowest BCUT2D eigenvalue weighted by atomic mass is 10.2. The molecule has 0 aliphatic heterocycles. The Morgan fingerprint density at radius 1 is 1.50 bits per heavy atom. The monoisotopic (exact) mass is 171 g/mol. The summed E-state index contributed by atoms with van der Waals surface area (Å²) in [5.74, 6) is -0.409. The number of nitrogens with two attached hydrogens (primary N) is 1. The fourth-order valence-corrected chi connectivity index (χ4v) is 0.759. The van der Waals surface area contributed by atoms with Crippen molar-refractivity contribution in [1.82, 2.24) is 0 Å². The zero-order chi connectivity index (χ0) is 9.40. The molecule has 0 aromatic rings. The van der Waals surface area contributed by atoms with Crippen molar-refractivity contribution in [2.24, 2.45) is 5.73 Å². The molecule has 0 aliphatic rings. The summed E-state index contributed by atoms with van der Waals surface area (Å²) in [6.45, 7) is 4.23. The molecule has 0 atom stereocenters. The molecule has 0 bridgehead atoms. The van der Waals surface area contributed by atoms with Crippen molar-refractivity contribution in [3.8, 4) is 0 Å². The highest BCUT2D eigenvalue weighted by Gasteiger charge is 2.03. The first-order valence-electron chi connectivity index (χ1n) is 4.35. The average molecular weight is 171 g/mol. The summed E-state index contributed by atoms with van der Waals surface area (Å²) in [5.41, 5.74) is 5.66. The van der Waals surface area contributed by atoms with Crippen LogP contribution in [0.1, 0.15) is 33.1 Å². The lowest BCUT2D eigenvalue weighted by Crippen LogP contribution is -2.14. The van der Waals surface area contributed by atoms with Gasteiger partial charge in [-0.2, -0.15) is 0 Å². The van der Waals surface area contributed by atoms with Crippen LogP contribution in [0.25, 0.3) is 0 Å². The van der Waals surface area contributed by atoms with Gasteiger partial charge in [0.2, 0.25) is 0 Å². The predicted octanol–water partition coefficient (Wildman–Crippen LogP) is 1.58. The molecule has 0 saturated carbocycles. The summed E-state index contributed by atoms with van der Waals surface area (Å²) in [7, 11) is 0. The number of hydrogen-bond acceptors (Lipinski definition) is 3. The Bertz CT molecular complexity index is 164. The van der Waals surface area contributed by atoms with Crippen molar-refractivity contribution in [3.63, 3.8) is 0 Å². The van der Waals surface area contributed by atoms with E-state index in [1.165, 1.54) is 0 Å². The number of hydrogen-bond donors (Lipinski definition) is 1. The van der Waals surface area contributed by atoms with E-state index in [-0.39, 0.29) is 5.70 Å². The summed E-state index contributed by atoms with van der Waals surface area (Å²) >= 11 is 0. The van der Waals surface area contributed by atoms with Gasteiger partial charge in [-0.1, -0.05) is 19.4 Å². The Hall–Kier alpha value is -0.990. The third-order valence-electron chi connectivity index (χ3n) is 1.43. The number of carbonyl (C=O) groups is 1. The first-order valence-corrected chi connectivity index (χ1v) is 4.35. The van der Waals surface area contributed by atoms with Gasteiger partial charge in [0.05, 0.1) is 6.61 Å². The van der Waals surface area contributed by atoms with Gasteiger partial charge in [0, 0.05) is 0 Å².